The molecule has 0 bridgehead atoms. The maximum absolute atomic E-state index is 12.2. The number of carbonyl (C=O) groups is 1. The Bertz CT molecular complexity index is 613. The van der Waals surface area contributed by atoms with Crippen LogP contribution in [0.5, 0.6) is 5.75 Å². The molecule has 2 rings (SSSR count). The summed E-state index contributed by atoms with van der Waals surface area (Å²) in [6.07, 6.45) is 1.11. The molecule has 0 aliphatic carbocycles. The molecule has 20 heavy (non-hydrogen) atoms. The number of methoxy groups -OCH3 is 1. The van der Waals surface area contributed by atoms with E-state index in [0.29, 0.717) is 24.2 Å². The van der Waals surface area contributed by atoms with Crippen molar-refractivity contribution in [3.05, 3.63) is 23.8 Å². The van der Waals surface area contributed by atoms with Crippen molar-refractivity contribution in [1.29, 1.82) is 0 Å². The molecule has 1 fully saturated rings. The molecule has 1 aromatic rings. The van der Waals surface area contributed by atoms with E-state index < -0.39 is 10.0 Å². The molecule has 0 saturated carbocycles. The zero-order valence-corrected chi connectivity index (χ0v) is 12.3. The number of amides is 1. The number of nitrogens with one attached hydrogen (secondary N) is 2. The fraction of sp³-hybridized carbons (Fsp3) is 0.462. The first-order chi connectivity index (χ1) is 9.42. The second kappa shape index (κ2) is 5.80. The molecular weight excluding hydrogens is 280 g/mol. The Morgan fingerprint density at radius 1 is 1.45 bits per heavy atom. The van der Waals surface area contributed by atoms with E-state index in [1.165, 1.54) is 13.2 Å². The summed E-state index contributed by atoms with van der Waals surface area (Å²) in [6.45, 7) is 1.92. The monoisotopic (exact) mass is 298 g/mol. The Morgan fingerprint density at radius 2 is 2.20 bits per heavy atom. The minimum absolute atomic E-state index is 0.0326. The van der Waals surface area contributed by atoms with Gasteiger partial charge in [0.1, 0.15) is 5.75 Å². The molecule has 0 aromatic heterocycles. The molecule has 0 spiro atoms. The van der Waals surface area contributed by atoms with Crippen LogP contribution in [0.1, 0.15) is 18.4 Å². The van der Waals surface area contributed by atoms with E-state index in [1.54, 1.807) is 19.1 Å². The molecule has 0 radical (unpaired) electrons. The van der Waals surface area contributed by atoms with Gasteiger partial charge < -0.3 is 10.1 Å². The first-order valence-corrected chi connectivity index (χ1v) is 7.84. The minimum atomic E-state index is -3.58. The average molecular weight is 298 g/mol. The largest absolute Gasteiger partial charge is 0.497 e. The van der Waals surface area contributed by atoms with Gasteiger partial charge in [-0.3, -0.25) is 4.79 Å². The van der Waals surface area contributed by atoms with Crippen LogP contribution >= 0.6 is 0 Å². The number of hydrogen-bond acceptors (Lipinski definition) is 4. The molecule has 6 nitrogen and oxygen atoms in total. The van der Waals surface area contributed by atoms with Gasteiger partial charge in [-0.05, 0) is 37.1 Å². The molecular formula is C13H18N2O4S. The van der Waals surface area contributed by atoms with E-state index in [0.717, 1.165) is 0 Å². The predicted octanol–water partition coefficient (Wildman–Crippen LogP) is 0.561. The third-order valence-electron chi connectivity index (χ3n) is 3.28. The summed E-state index contributed by atoms with van der Waals surface area (Å²) in [5, 5.41) is 2.72. The van der Waals surface area contributed by atoms with Gasteiger partial charge in [0.15, 0.2) is 0 Å². The average Bonchev–Trinajstić information content (AvgIpc) is 2.82. The molecule has 2 N–H and O–H groups in total. The number of carbonyl (C=O) groups excluding carboxylic acids is 1. The Kier molecular flexibility index (Phi) is 4.29. The SMILES string of the molecule is COc1ccc(S(=O)(=O)NCC2CCC(=O)N2)c(C)c1. The highest BCUT2D eigenvalue weighted by Gasteiger charge is 2.24. The molecule has 1 saturated heterocycles. The summed E-state index contributed by atoms with van der Waals surface area (Å²) in [6, 6.07) is 4.67. The van der Waals surface area contributed by atoms with Crippen molar-refractivity contribution in [3.8, 4) is 5.75 Å². The highest BCUT2D eigenvalue weighted by atomic mass is 32.2. The van der Waals surface area contributed by atoms with Crippen molar-refractivity contribution in [2.24, 2.45) is 0 Å². The number of ether oxygens (including phenoxy) is 1. The van der Waals surface area contributed by atoms with Crippen LogP contribution in [0.2, 0.25) is 0 Å². The van der Waals surface area contributed by atoms with E-state index in [9.17, 15) is 13.2 Å². The van der Waals surface area contributed by atoms with Crippen LogP contribution in [-0.4, -0.2) is 34.0 Å². The van der Waals surface area contributed by atoms with E-state index in [4.69, 9.17) is 4.74 Å². The van der Waals surface area contributed by atoms with Gasteiger partial charge in [0, 0.05) is 19.0 Å². The third kappa shape index (κ3) is 3.29. The van der Waals surface area contributed by atoms with Gasteiger partial charge in [0.2, 0.25) is 15.9 Å². The molecule has 1 aliphatic heterocycles. The smallest absolute Gasteiger partial charge is 0.240 e. The van der Waals surface area contributed by atoms with Crippen LogP contribution in [0, 0.1) is 6.92 Å². The molecule has 1 aromatic carbocycles. The summed E-state index contributed by atoms with van der Waals surface area (Å²) >= 11 is 0. The topological polar surface area (TPSA) is 84.5 Å². The second-order valence-corrected chi connectivity index (χ2v) is 6.52. The maximum Gasteiger partial charge on any atom is 0.240 e. The highest BCUT2D eigenvalue weighted by Crippen LogP contribution is 2.20. The fourth-order valence-electron chi connectivity index (χ4n) is 2.17. The van der Waals surface area contributed by atoms with Crippen LogP contribution in [0.15, 0.2) is 23.1 Å². The Morgan fingerprint density at radius 3 is 2.75 bits per heavy atom. The van der Waals surface area contributed by atoms with E-state index >= 15 is 0 Å². The van der Waals surface area contributed by atoms with Gasteiger partial charge >= 0.3 is 0 Å². The molecule has 1 unspecified atom stereocenters. The van der Waals surface area contributed by atoms with Crippen LogP contribution in [0.25, 0.3) is 0 Å². The molecule has 1 aliphatic rings. The predicted molar refractivity (Wildman–Crippen MR) is 74.1 cm³/mol. The lowest BCUT2D eigenvalue weighted by atomic mass is 10.2. The lowest BCUT2D eigenvalue weighted by Gasteiger charge is -2.13. The summed E-state index contributed by atoms with van der Waals surface area (Å²) in [7, 11) is -2.05. The van der Waals surface area contributed by atoms with E-state index in [2.05, 4.69) is 10.0 Å². The van der Waals surface area contributed by atoms with Crippen molar-refractivity contribution in [1.82, 2.24) is 10.0 Å². The van der Waals surface area contributed by atoms with Crippen LogP contribution in [0.3, 0.4) is 0 Å². The fourth-order valence-corrected chi connectivity index (χ4v) is 3.47. The van der Waals surface area contributed by atoms with Crippen molar-refractivity contribution >= 4 is 15.9 Å². The molecule has 7 heteroatoms. The van der Waals surface area contributed by atoms with Crippen LogP contribution < -0.4 is 14.8 Å². The number of sulfonamides is 1. The zero-order chi connectivity index (χ0) is 14.8. The van der Waals surface area contributed by atoms with Gasteiger partial charge in [-0.15, -0.1) is 0 Å². The van der Waals surface area contributed by atoms with Crippen LogP contribution in [0.4, 0.5) is 0 Å². The van der Waals surface area contributed by atoms with Gasteiger partial charge in [-0.25, -0.2) is 13.1 Å². The lowest BCUT2D eigenvalue weighted by Crippen LogP contribution is -2.38. The first kappa shape index (κ1) is 14.8. The quantitative estimate of drug-likeness (QED) is 0.832. The lowest BCUT2D eigenvalue weighted by molar-refractivity contribution is -0.119. The molecule has 1 atom stereocenters. The van der Waals surface area contributed by atoms with Gasteiger partial charge in [0.25, 0.3) is 0 Å². The van der Waals surface area contributed by atoms with Crippen molar-refractivity contribution in [3.63, 3.8) is 0 Å². The van der Waals surface area contributed by atoms with Gasteiger partial charge in [-0.1, -0.05) is 0 Å². The van der Waals surface area contributed by atoms with Crippen molar-refractivity contribution < 1.29 is 17.9 Å². The minimum Gasteiger partial charge on any atom is -0.497 e. The van der Waals surface area contributed by atoms with Crippen molar-refractivity contribution in [2.45, 2.75) is 30.7 Å². The molecule has 1 amide bonds. The Balaban J connectivity index is 2.08. The van der Waals surface area contributed by atoms with Crippen LogP contribution in [-0.2, 0) is 14.8 Å². The Labute approximate surface area is 118 Å². The standard InChI is InChI=1S/C13H18N2O4S/c1-9-7-11(19-2)4-5-12(9)20(17,18)14-8-10-3-6-13(16)15-10/h4-5,7,10,14H,3,6,8H2,1-2H3,(H,15,16). The normalized spacial score (nSPS) is 18.9. The summed E-state index contributed by atoms with van der Waals surface area (Å²) in [5.41, 5.74) is 0.618. The molecule has 110 valence electrons. The summed E-state index contributed by atoms with van der Waals surface area (Å²) in [4.78, 5) is 11.3. The number of hydrogen-bond donors (Lipinski definition) is 2. The van der Waals surface area contributed by atoms with Crippen molar-refractivity contribution in [2.75, 3.05) is 13.7 Å². The number of benzene rings is 1. The number of rotatable bonds is 5. The summed E-state index contributed by atoms with van der Waals surface area (Å²) < 4.78 is 32.0. The summed E-state index contributed by atoms with van der Waals surface area (Å²) in [5.74, 6) is 0.583. The second-order valence-electron chi connectivity index (χ2n) is 4.79. The highest BCUT2D eigenvalue weighted by molar-refractivity contribution is 7.89. The first-order valence-electron chi connectivity index (χ1n) is 6.36. The number of aryl methyl sites for hydroxylation is 1. The van der Waals surface area contributed by atoms with Gasteiger partial charge in [-0.2, -0.15) is 0 Å². The third-order valence-corrected chi connectivity index (χ3v) is 4.86. The van der Waals surface area contributed by atoms with Gasteiger partial charge in [0.05, 0.1) is 12.0 Å². The van der Waals surface area contributed by atoms with E-state index in [-0.39, 0.29) is 23.4 Å². The molecule has 1 heterocycles. The Hall–Kier alpha value is -1.60. The maximum atomic E-state index is 12.2. The zero-order valence-electron chi connectivity index (χ0n) is 11.5. The van der Waals surface area contributed by atoms with E-state index in [1.807, 2.05) is 0 Å².